The molecule has 1 aliphatic heterocycles. The monoisotopic (exact) mass is 320 g/mol. The summed E-state index contributed by atoms with van der Waals surface area (Å²) in [4.78, 5) is 29.1. The molecule has 1 aliphatic rings. The maximum absolute atomic E-state index is 12.4. The largest absolute Gasteiger partial charge is 0.479 e. The predicted molar refractivity (Wildman–Crippen MR) is 76.6 cm³/mol. The minimum Gasteiger partial charge on any atom is -0.479 e. The van der Waals surface area contributed by atoms with Crippen LogP contribution in [0.2, 0.25) is 0 Å². The number of carboxylic acids is 1. The minimum atomic E-state index is -1.07. The molecule has 0 aliphatic carbocycles. The summed E-state index contributed by atoms with van der Waals surface area (Å²) < 4.78 is 15.8. The standard InChI is InChI=1S/C15H16N2O6/c1-9-10(16-14(23-9)11-3-2-5-21-11)7-13(18)17-4-6-22-12(8-17)15(19)20/h2-3,5,12H,4,6-8H2,1H3,(H,19,20). The summed E-state index contributed by atoms with van der Waals surface area (Å²) in [5.74, 6) is 0.0692. The maximum atomic E-state index is 12.4. The molecule has 1 fully saturated rings. The van der Waals surface area contributed by atoms with Crippen molar-refractivity contribution >= 4 is 11.9 Å². The summed E-state index contributed by atoms with van der Waals surface area (Å²) in [5.41, 5.74) is 0.514. The Bertz CT molecular complexity index is 706. The number of aliphatic carboxylic acids is 1. The van der Waals surface area contributed by atoms with Gasteiger partial charge in [0.1, 0.15) is 5.76 Å². The number of hydrogen-bond acceptors (Lipinski definition) is 6. The predicted octanol–water partition coefficient (Wildman–Crippen LogP) is 1.10. The van der Waals surface area contributed by atoms with Crippen LogP contribution in [0.3, 0.4) is 0 Å². The van der Waals surface area contributed by atoms with E-state index >= 15 is 0 Å². The zero-order valence-electron chi connectivity index (χ0n) is 12.5. The first-order valence-corrected chi connectivity index (χ1v) is 7.17. The molecule has 1 saturated heterocycles. The van der Waals surface area contributed by atoms with Crippen molar-refractivity contribution in [1.29, 1.82) is 0 Å². The highest BCUT2D eigenvalue weighted by Gasteiger charge is 2.29. The number of carboxylic acid groups (broad SMARTS) is 1. The third-order valence-corrected chi connectivity index (χ3v) is 3.64. The van der Waals surface area contributed by atoms with Crippen LogP contribution in [0.25, 0.3) is 11.7 Å². The van der Waals surface area contributed by atoms with Crippen LogP contribution in [0.5, 0.6) is 0 Å². The van der Waals surface area contributed by atoms with Gasteiger partial charge in [-0.2, -0.15) is 0 Å². The number of furan rings is 1. The summed E-state index contributed by atoms with van der Waals surface area (Å²) in [6, 6.07) is 3.44. The summed E-state index contributed by atoms with van der Waals surface area (Å²) in [7, 11) is 0. The lowest BCUT2D eigenvalue weighted by Gasteiger charge is -2.30. The Kier molecular flexibility index (Phi) is 4.16. The van der Waals surface area contributed by atoms with Crippen LogP contribution in [0.4, 0.5) is 0 Å². The average molecular weight is 320 g/mol. The molecule has 0 aromatic carbocycles. The number of rotatable bonds is 4. The number of ether oxygens (including phenoxy) is 1. The normalized spacial score (nSPS) is 18.1. The number of amides is 1. The number of carbonyl (C=O) groups is 2. The molecule has 0 bridgehead atoms. The molecule has 23 heavy (non-hydrogen) atoms. The molecule has 1 atom stereocenters. The van der Waals surface area contributed by atoms with Gasteiger partial charge in [-0.15, -0.1) is 0 Å². The number of hydrogen-bond donors (Lipinski definition) is 1. The highest BCUT2D eigenvalue weighted by molar-refractivity contribution is 5.80. The average Bonchev–Trinajstić information content (AvgIpc) is 3.18. The van der Waals surface area contributed by atoms with Crippen LogP contribution in [-0.4, -0.2) is 52.7 Å². The van der Waals surface area contributed by atoms with Gasteiger partial charge in [-0.05, 0) is 19.1 Å². The van der Waals surface area contributed by atoms with Crippen LogP contribution in [0.1, 0.15) is 11.5 Å². The molecule has 1 N–H and O–H groups in total. The van der Waals surface area contributed by atoms with Gasteiger partial charge in [0.2, 0.25) is 5.91 Å². The molecule has 2 aromatic rings. The lowest BCUT2D eigenvalue weighted by atomic mass is 10.2. The van der Waals surface area contributed by atoms with Gasteiger partial charge in [0.25, 0.3) is 5.89 Å². The summed E-state index contributed by atoms with van der Waals surface area (Å²) >= 11 is 0. The molecule has 2 aromatic heterocycles. The number of morpholine rings is 1. The lowest BCUT2D eigenvalue weighted by Crippen LogP contribution is -2.49. The summed E-state index contributed by atoms with van der Waals surface area (Å²) in [6.45, 7) is 2.33. The van der Waals surface area contributed by atoms with E-state index in [1.165, 1.54) is 11.2 Å². The minimum absolute atomic E-state index is 0.0378. The Morgan fingerprint density at radius 2 is 2.30 bits per heavy atom. The van der Waals surface area contributed by atoms with Crippen molar-refractivity contribution in [2.24, 2.45) is 0 Å². The van der Waals surface area contributed by atoms with Crippen LogP contribution in [0, 0.1) is 6.92 Å². The van der Waals surface area contributed by atoms with E-state index in [9.17, 15) is 9.59 Å². The van der Waals surface area contributed by atoms with Crippen LogP contribution in [-0.2, 0) is 20.7 Å². The third kappa shape index (κ3) is 3.26. The summed E-state index contributed by atoms with van der Waals surface area (Å²) in [5, 5.41) is 8.98. The van der Waals surface area contributed by atoms with E-state index in [1.54, 1.807) is 19.1 Å². The van der Waals surface area contributed by atoms with Crippen molar-refractivity contribution in [2.75, 3.05) is 19.7 Å². The molecular formula is C15H16N2O6. The number of carbonyl (C=O) groups excluding carboxylic acids is 1. The van der Waals surface area contributed by atoms with Gasteiger partial charge >= 0.3 is 5.97 Å². The fourth-order valence-corrected chi connectivity index (χ4v) is 2.38. The van der Waals surface area contributed by atoms with Gasteiger partial charge in [0.15, 0.2) is 11.9 Å². The van der Waals surface area contributed by atoms with Gasteiger partial charge in [-0.1, -0.05) is 0 Å². The van der Waals surface area contributed by atoms with Crippen LogP contribution < -0.4 is 0 Å². The van der Waals surface area contributed by atoms with E-state index in [4.69, 9.17) is 18.7 Å². The molecular weight excluding hydrogens is 304 g/mol. The van der Waals surface area contributed by atoms with E-state index in [-0.39, 0.29) is 25.5 Å². The second kappa shape index (κ2) is 6.25. The van der Waals surface area contributed by atoms with Crippen LogP contribution >= 0.6 is 0 Å². The number of aryl methyl sites for hydroxylation is 1. The molecule has 122 valence electrons. The molecule has 0 radical (unpaired) electrons. The van der Waals surface area contributed by atoms with E-state index in [1.807, 2.05) is 0 Å². The van der Waals surface area contributed by atoms with E-state index in [0.29, 0.717) is 29.6 Å². The molecule has 3 rings (SSSR count). The van der Waals surface area contributed by atoms with Gasteiger partial charge in [0, 0.05) is 6.54 Å². The third-order valence-electron chi connectivity index (χ3n) is 3.64. The highest BCUT2D eigenvalue weighted by atomic mass is 16.5. The Balaban J connectivity index is 1.69. The quantitative estimate of drug-likeness (QED) is 0.899. The molecule has 1 unspecified atom stereocenters. The van der Waals surface area contributed by atoms with Crippen molar-refractivity contribution in [3.8, 4) is 11.7 Å². The van der Waals surface area contributed by atoms with Crippen molar-refractivity contribution in [3.63, 3.8) is 0 Å². The number of nitrogens with zero attached hydrogens (tertiary/aromatic N) is 2. The summed E-state index contributed by atoms with van der Waals surface area (Å²) in [6.07, 6.45) is 0.576. The molecule has 8 heteroatoms. The molecule has 1 amide bonds. The van der Waals surface area contributed by atoms with E-state index in [2.05, 4.69) is 4.98 Å². The Labute approximate surface area is 131 Å². The Morgan fingerprint density at radius 1 is 1.48 bits per heavy atom. The highest BCUT2D eigenvalue weighted by Crippen LogP contribution is 2.22. The van der Waals surface area contributed by atoms with Crippen molar-refractivity contribution < 1.29 is 28.3 Å². The van der Waals surface area contributed by atoms with Gasteiger partial charge in [-0.25, -0.2) is 9.78 Å². The molecule has 0 spiro atoms. The Hall–Kier alpha value is -2.61. The van der Waals surface area contributed by atoms with Crippen molar-refractivity contribution in [2.45, 2.75) is 19.4 Å². The zero-order chi connectivity index (χ0) is 16.4. The SMILES string of the molecule is Cc1oc(-c2ccco2)nc1CC(=O)N1CCOC(C(=O)O)C1. The fourth-order valence-electron chi connectivity index (χ4n) is 2.38. The first-order chi connectivity index (χ1) is 11.0. The molecule has 3 heterocycles. The van der Waals surface area contributed by atoms with Crippen LogP contribution in [0.15, 0.2) is 27.2 Å². The fraction of sp³-hybridized carbons (Fsp3) is 0.400. The lowest BCUT2D eigenvalue weighted by molar-refractivity contribution is -0.159. The van der Waals surface area contributed by atoms with Gasteiger partial charge < -0.3 is 23.6 Å². The van der Waals surface area contributed by atoms with E-state index < -0.39 is 12.1 Å². The van der Waals surface area contributed by atoms with E-state index in [0.717, 1.165) is 0 Å². The van der Waals surface area contributed by atoms with Gasteiger partial charge in [-0.3, -0.25) is 4.79 Å². The molecule has 8 nitrogen and oxygen atoms in total. The number of aromatic nitrogens is 1. The maximum Gasteiger partial charge on any atom is 0.334 e. The van der Waals surface area contributed by atoms with Gasteiger partial charge in [0.05, 0.1) is 31.5 Å². The number of oxazole rings is 1. The second-order valence-corrected chi connectivity index (χ2v) is 5.21. The first-order valence-electron chi connectivity index (χ1n) is 7.17. The zero-order valence-corrected chi connectivity index (χ0v) is 12.5. The Morgan fingerprint density at radius 3 is 3.00 bits per heavy atom. The second-order valence-electron chi connectivity index (χ2n) is 5.21. The first kappa shape index (κ1) is 15.3. The topological polar surface area (TPSA) is 106 Å². The van der Waals surface area contributed by atoms with Crippen molar-refractivity contribution in [3.05, 3.63) is 29.9 Å². The van der Waals surface area contributed by atoms with Crippen molar-refractivity contribution in [1.82, 2.24) is 9.88 Å². The molecule has 0 saturated carbocycles. The smallest absolute Gasteiger partial charge is 0.334 e.